The van der Waals surface area contributed by atoms with E-state index in [-0.39, 0.29) is 11.9 Å². The molecule has 2 aromatic carbocycles. The molecule has 0 fully saturated rings. The van der Waals surface area contributed by atoms with E-state index in [4.69, 9.17) is 4.74 Å². The van der Waals surface area contributed by atoms with Gasteiger partial charge in [0.05, 0.1) is 29.8 Å². The van der Waals surface area contributed by atoms with Crippen LogP contribution in [-0.4, -0.2) is 67.2 Å². The lowest BCUT2D eigenvalue weighted by Gasteiger charge is -2.26. The number of nitrogens with one attached hydrogen (secondary N) is 3. The van der Waals surface area contributed by atoms with Gasteiger partial charge >= 0.3 is 0 Å². The zero-order valence-corrected chi connectivity index (χ0v) is 24.1. The number of aromatic nitrogens is 2. The summed E-state index contributed by atoms with van der Waals surface area (Å²) in [5, 5.41) is 19.8. The number of amides is 1. The van der Waals surface area contributed by atoms with Crippen LogP contribution in [0.15, 0.2) is 49.2 Å². The maximum Gasteiger partial charge on any atom is 0.247 e. The number of hydrogen-bond acceptors (Lipinski definition) is 9. The highest BCUT2D eigenvalue weighted by atomic mass is 19.1. The summed E-state index contributed by atoms with van der Waals surface area (Å²) < 4.78 is 19.9. The molecule has 0 saturated heterocycles. The second-order valence-electron chi connectivity index (χ2n) is 10.2. The van der Waals surface area contributed by atoms with E-state index >= 15 is 0 Å². The highest BCUT2D eigenvalue weighted by Crippen LogP contribution is 2.38. The molecule has 11 heteroatoms. The lowest BCUT2D eigenvalue weighted by Crippen LogP contribution is -2.29. The molecule has 0 aliphatic heterocycles. The fourth-order valence-corrected chi connectivity index (χ4v) is 3.94. The smallest absolute Gasteiger partial charge is 0.247 e. The van der Waals surface area contributed by atoms with Crippen molar-refractivity contribution in [1.82, 2.24) is 14.9 Å². The Kier molecular flexibility index (Phi) is 9.67. The lowest BCUT2D eigenvalue weighted by molar-refractivity contribution is -0.111. The van der Waals surface area contributed by atoms with Crippen LogP contribution in [0.3, 0.4) is 0 Å². The Morgan fingerprint density at radius 3 is 2.48 bits per heavy atom. The van der Waals surface area contributed by atoms with Gasteiger partial charge in [-0.2, -0.15) is 4.98 Å². The first-order valence-corrected chi connectivity index (χ1v) is 12.7. The van der Waals surface area contributed by atoms with E-state index in [0.29, 0.717) is 46.3 Å². The minimum absolute atomic E-state index is 0.252. The van der Waals surface area contributed by atoms with E-state index in [1.54, 1.807) is 52.3 Å². The van der Waals surface area contributed by atoms with E-state index in [9.17, 15) is 14.3 Å². The predicted molar refractivity (Wildman–Crippen MR) is 159 cm³/mol. The third-order valence-electron chi connectivity index (χ3n) is 6.18. The molecule has 0 bridgehead atoms. The molecule has 0 radical (unpaired) electrons. The fraction of sp³-hybridized carbons (Fsp3) is 0.345. The van der Waals surface area contributed by atoms with Gasteiger partial charge in [-0.3, -0.25) is 4.79 Å². The van der Waals surface area contributed by atoms with Crippen molar-refractivity contribution in [2.45, 2.75) is 26.4 Å². The number of hydrogen-bond donors (Lipinski definition) is 4. The van der Waals surface area contributed by atoms with Gasteiger partial charge in [0, 0.05) is 43.7 Å². The number of carbonyl (C=O) groups excluding carboxylic acids is 1. The molecule has 0 aliphatic carbocycles. The van der Waals surface area contributed by atoms with Gasteiger partial charge in [-0.05, 0) is 70.8 Å². The molecule has 3 aromatic rings. The maximum atomic E-state index is 14.3. The van der Waals surface area contributed by atoms with Crippen LogP contribution in [0.25, 0.3) is 0 Å². The van der Waals surface area contributed by atoms with Crippen molar-refractivity contribution in [2.75, 3.05) is 62.2 Å². The third kappa shape index (κ3) is 7.67. The molecule has 0 aliphatic rings. The Labute approximate surface area is 234 Å². The number of halogens is 1. The fourth-order valence-electron chi connectivity index (χ4n) is 3.94. The molecule has 0 atom stereocenters. The van der Waals surface area contributed by atoms with E-state index in [0.717, 1.165) is 12.2 Å². The zero-order valence-electron chi connectivity index (χ0n) is 24.1. The summed E-state index contributed by atoms with van der Waals surface area (Å²) >= 11 is 0. The monoisotopic (exact) mass is 551 g/mol. The van der Waals surface area contributed by atoms with Gasteiger partial charge in [-0.25, -0.2) is 9.37 Å². The van der Waals surface area contributed by atoms with Gasteiger partial charge in [-0.15, -0.1) is 0 Å². The summed E-state index contributed by atoms with van der Waals surface area (Å²) in [6.45, 7) is 9.91. The molecular weight excluding hydrogens is 513 g/mol. The topological polar surface area (TPSA) is 115 Å². The molecule has 214 valence electrons. The predicted octanol–water partition coefficient (Wildman–Crippen LogP) is 4.77. The quantitative estimate of drug-likeness (QED) is 0.236. The summed E-state index contributed by atoms with van der Waals surface area (Å²) in [7, 11) is 7.48. The van der Waals surface area contributed by atoms with Crippen LogP contribution in [-0.2, 0) is 10.4 Å². The molecule has 1 aromatic heterocycles. The molecule has 0 spiro atoms. The molecule has 40 heavy (non-hydrogen) atoms. The first-order valence-electron chi connectivity index (χ1n) is 12.7. The minimum Gasteiger partial charge on any atom is -0.494 e. The Balaban J connectivity index is 1.97. The number of benzene rings is 2. The largest absolute Gasteiger partial charge is 0.494 e. The SMILES string of the molecule is C=CC(=O)Nc1cc(Nc2nccc(Nc3cc(C)c(F)cc3C(C)(C)O)n2)c(OC)cc1N(C)CCN(C)C. The summed E-state index contributed by atoms with van der Waals surface area (Å²) in [4.78, 5) is 25.2. The Morgan fingerprint density at radius 1 is 1.12 bits per heavy atom. The second kappa shape index (κ2) is 12.8. The number of aliphatic hydroxyl groups is 1. The number of methoxy groups -OCH3 is 1. The molecule has 1 amide bonds. The Hall–Kier alpha value is -4.22. The van der Waals surface area contributed by atoms with Crippen molar-refractivity contribution in [2.24, 2.45) is 0 Å². The Morgan fingerprint density at radius 2 is 1.85 bits per heavy atom. The van der Waals surface area contributed by atoms with Crippen LogP contribution in [0.5, 0.6) is 5.75 Å². The van der Waals surface area contributed by atoms with Crippen LogP contribution in [0.2, 0.25) is 0 Å². The molecule has 10 nitrogen and oxygen atoms in total. The molecular formula is C29H38FN7O3. The average molecular weight is 552 g/mol. The average Bonchev–Trinajstić information content (AvgIpc) is 2.88. The van der Waals surface area contributed by atoms with Crippen molar-refractivity contribution < 1.29 is 19.0 Å². The van der Waals surface area contributed by atoms with Crippen molar-refractivity contribution >= 4 is 40.4 Å². The molecule has 0 unspecified atom stereocenters. The number of ether oxygens (including phenoxy) is 1. The standard InChI is InChI=1S/C29H38FN7O3/c1-9-27(38)33-22-16-23(25(40-8)17-24(22)37(7)13-12-36(5)6)34-28-31-11-10-26(35-28)32-21-14-18(2)20(30)15-19(21)29(3,4)39/h9-11,14-17,39H,1,12-13H2,2-8H3,(H,33,38)(H2,31,32,34,35). The molecule has 1 heterocycles. The summed E-state index contributed by atoms with van der Waals surface area (Å²) in [5.41, 5.74) is 1.90. The van der Waals surface area contributed by atoms with Crippen molar-refractivity contribution in [3.8, 4) is 5.75 Å². The van der Waals surface area contributed by atoms with Gasteiger partial charge < -0.3 is 35.6 Å². The van der Waals surface area contributed by atoms with Crippen LogP contribution in [0.4, 0.5) is 38.9 Å². The lowest BCUT2D eigenvalue weighted by atomic mass is 9.95. The maximum absolute atomic E-state index is 14.3. The van der Waals surface area contributed by atoms with Gasteiger partial charge in [0.15, 0.2) is 0 Å². The number of carbonyl (C=O) groups is 1. The van der Waals surface area contributed by atoms with Crippen LogP contribution < -0.4 is 25.6 Å². The first kappa shape index (κ1) is 30.3. The van der Waals surface area contributed by atoms with Crippen LogP contribution in [0.1, 0.15) is 25.0 Å². The highest BCUT2D eigenvalue weighted by molar-refractivity contribution is 6.02. The van der Waals surface area contributed by atoms with Gasteiger partial charge in [-0.1, -0.05) is 6.58 Å². The van der Waals surface area contributed by atoms with Crippen molar-refractivity contribution in [3.05, 3.63) is 66.1 Å². The third-order valence-corrected chi connectivity index (χ3v) is 6.18. The van der Waals surface area contributed by atoms with Crippen LogP contribution >= 0.6 is 0 Å². The highest BCUT2D eigenvalue weighted by Gasteiger charge is 2.23. The van der Waals surface area contributed by atoms with Gasteiger partial charge in [0.2, 0.25) is 11.9 Å². The van der Waals surface area contributed by atoms with Gasteiger partial charge in [0.1, 0.15) is 17.4 Å². The zero-order chi connectivity index (χ0) is 29.6. The second-order valence-corrected chi connectivity index (χ2v) is 10.2. The minimum atomic E-state index is -1.29. The van der Waals surface area contributed by atoms with E-state index in [2.05, 4.69) is 37.4 Å². The summed E-state index contributed by atoms with van der Waals surface area (Å²) in [5.74, 6) is 0.437. The Bertz CT molecular complexity index is 1370. The normalized spacial score (nSPS) is 11.2. The van der Waals surface area contributed by atoms with Crippen molar-refractivity contribution in [3.63, 3.8) is 0 Å². The summed E-state index contributed by atoms with van der Waals surface area (Å²) in [6, 6.07) is 8.18. The number of nitrogens with zero attached hydrogens (tertiary/aromatic N) is 4. The number of rotatable bonds is 12. The molecule has 4 N–H and O–H groups in total. The van der Waals surface area contributed by atoms with E-state index < -0.39 is 11.4 Å². The molecule has 3 rings (SSSR count). The number of anilines is 6. The number of likely N-dealkylation sites (N-methyl/N-ethyl adjacent to an activating group) is 2. The van der Waals surface area contributed by atoms with Crippen molar-refractivity contribution in [1.29, 1.82) is 0 Å². The molecule has 0 saturated carbocycles. The first-order chi connectivity index (χ1) is 18.8. The van der Waals surface area contributed by atoms with E-state index in [1.807, 2.05) is 32.1 Å². The van der Waals surface area contributed by atoms with Gasteiger partial charge in [0.25, 0.3) is 0 Å². The van der Waals surface area contributed by atoms with E-state index in [1.165, 1.54) is 12.1 Å². The number of aryl methyl sites for hydroxylation is 1. The van der Waals surface area contributed by atoms with Crippen LogP contribution in [0, 0.1) is 12.7 Å². The summed E-state index contributed by atoms with van der Waals surface area (Å²) in [6.07, 6.45) is 2.77.